The molecule has 0 saturated heterocycles. The summed E-state index contributed by atoms with van der Waals surface area (Å²) >= 11 is 1.80. The van der Waals surface area contributed by atoms with Gasteiger partial charge in [-0.1, -0.05) is 24.3 Å². The fourth-order valence-electron chi connectivity index (χ4n) is 3.29. The zero-order chi connectivity index (χ0) is 16.9. The maximum absolute atomic E-state index is 12.8. The Morgan fingerprint density at radius 3 is 2.96 bits per heavy atom. The number of ether oxygens (including phenoxy) is 1. The first-order chi connectivity index (χ1) is 11.7. The molecule has 3 rings (SSSR count). The quantitative estimate of drug-likeness (QED) is 0.820. The lowest BCUT2D eigenvalue weighted by Crippen LogP contribution is -2.44. The molecule has 24 heavy (non-hydrogen) atoms. The number of carbonyl (C=O) groups excluding carboxylic acids is 1. The molecule has 0 spiro atoms. The summed E-state index contributed by atoms with van der Waals surface area (Å²) in [5, 5.41) is 5.31. The summed E-state index contributed by atoms with van der Waals surface area (Å²) in [5.74, 6) is 0.149. The molecule has 0 unspecified atom stereocenters. The first-order valence-electron chi connectivity index (χ1n) is 8.33. The molecule has 4 nitrogen and oxygen atoms in total. The number of aryl methyl sites for hydroxylation is 1. The van der Waals surface area contributed by atoms with Gasteiger partial charge in [0.25, 0.3) is 0 Å². The molecular weight excluding hydrogens is 320 g/mol. The number of nitrogens with one attached hydrogen (secondary N) is 1. The summed E-state index contributed by atoms with van der Waals surface area (Å²) in [6.07, 6.45) is 0.944. The largest absolute Gasteiger partial charge is 0.383 e. The van der Waals surface area contributed by atoms with Crippen molar-refractivity contribution >= 4 is 17.2 Å². The predicted octanol–water partition coefficient (Wildman–Crippen LogP) is 2.77. The minimum atomic E-state index is 0.0259. The van der Waals surface area contributed by atoms with E-state index >= 15 is 0 Å². The first-order valence-corrected chi connectivity index (χ1v) is 9.21. The summed E-state index contributed by atoms with van der Waals surface area (Å²) in [6.45, 7) is 4.55. The molecule has 0 saturated carbocycles. The second-order valence-electron chi connectivity index (χ2n) is 6.06. The lowest BCUT2D eigenvalue weighted by atomic mass is 9.90. The van der Waals surface area contributed by atoms with E-state index in [4.69, 9.17) is 4.74 Å². The molecule has 1 N–H and O–H groups in total. The van der Waals surface area contributed by atoms with E-state index in [0.29, 0.717) is 19.7 Å². The molecule has 0 bridgehead atoms. The molecule has 1 aliphatic rings. The normalized spacial score (nSPS) is 16.9. The molecule has 1 aromatic heterocycles. The number of hydrogen-bond donors (Lipinski definition) is 1. The highest BCUT2D eigenvalue weighted by molar-refractivity contribution is 7.10. The number of thiophene rings is 1. The van der Waals surface area contributed by atoms with Gasteiger partial charge in [-0.25, -0.2) is 0 Å². The zero-order valence-electron chi connectivity index (χ0n) is 14.2. The summed E-state index contributed by atoms with van der Waals surface area (Å²) in [4.78, 5) is 16.2. The van der Waals surface area contributed by atoms with Gasteiger partial charge >= 0.3 is 0 Å². The average molecular weight is 344 g/mol. The third kappa shape index (κ3) is 3.53. The van der Waals surface area contributed by atoms with Crippen molar-refractivity contribution in [2.24, 2.45) is 0 Å². The minimum absolute atomic E-state index is 0.0259. The first kappa shape index (κ1) is 17.1. The van der Waals surface area contributed by atoms with Crippen LogP contribution in [0.3, 0.4) is 0 Å². The van der Waals surface area contributed by atoms with Crippen molar-refractivity contribution < 1.29 is 9.53 Å². The number of benzene rings is 1. The third-order valence-electron chi connectivity index (χ3n) is 4.53. The Morgan fingerprint density at radius 1 is 1.33 bits per heavy atom. The fraction of sp³-hybridized carbons (Fsp3) is 0.421. The Kier molecular flexibility index (Phi) is 5.66. The van der Waals surface area contributed by atoms with E-state index in [1.165, 1.54) is 21.6 Å². The van der Waals surface area contributed by atoms with Crippen LogP contribution in [0.1, 0.15) is 27.6 Å². The van der Waals surface area contributed by atoms with E-state index in [1.807, 2.05) is 4.90 Å². The maximum atomic E-state index is 12.8. The standard InChI is InChI=1S/C19H24N2O2S/c1-14-5-3-4-6-15(14)19-16-8-12-24-17(16)7-10-21(19)18(22)13-20-9-11-23-2/h3-6,8,12,19-20H,7,9-11,13H2,1-2H3/t19-/m0/s1. The van der Waals surface area contributed by atoms with E-state index in [1.54, 1.807) is 18.4 Å². The van der Waals surface area contributed by atoms with Crippen molar-refractivity contribution in [3.63, 3.8) is 0 Å². The van der Waals surface area contributed by atoms with Crippen LogP contribution in [-0.4, -0.2) is 44.2 Å². The lowest BCUT2D eigenvalue weighted by molar-refractivity contribution is -0.132. The average Bonchev–Trinajstić information content (AvgIpc) is 3.07. The van der Waals surface area contributed by atoms with Crippen molar-refractivity contribution in [3.05, 3.63) is 57.3 Å². The molecule has 0 fully saturated rings. The number of fused-ring (bicyclic) bond motifs is 1. The van der Waals surface area contributed by atoms with Crippen LogP contribution in [0, 0.1) is 6.92 Å². The van der Waals surface area contributed by atoms with Crippen molar-refractivity contribution in [2.75, 3.05) is 33.4 Å². The van der Waals surface area contributed by atoms with Gasteiger partial charge in [-0.05, 0) is 41.5 Å². The van der Waals surface area contributed by atoms with Crippen molar-refractivity contribution in [3.8, 4) is 0 Å². The van der Waals surface area contributed by atoms with Crippen LogP contribution in [0.15, 0.2) is 35.7 Å². The third-order valence-corrected chi connectivity index (χ3v) is 5.52. The molecule has 128 valence electrons. The highest BCUT2D eigenvalue weighted by atomic mass is 32.1. The van der Waals surface area contributed by atoms with Gasteiger partial charge in [-0.3, -0.25) is 4.79 Å². The Labute approximate surface area is 147 Å². The smallest absolute Gasteiger partial charge is 0.237 e. The number of methoxy groups -OCH3 is 1. The lowest BCUT2D eigenvalue weighted by Gasteiger charge is -2.37. The van der Waals surface area contributed by atoms with E-state index in [9.17, 15) is 4.79 Å². The van der Waals surface area contributed by atoms with Gasteiger partial charge in [0.05, 0.1) is 19.2 Å². The molecule has 5 heteroatoms. The van der Waals surface area contributed by atoms with Crippen LogP contribution >= 0.6 is 11.3 Å². The van der Waals surface area contributed by atoms with E-state index in [0.717, 1.165) is 13.0 Å². The van der Waals surface area contributed by atoms with Crippen LogP contribution in [0.4, 0.5) is 0 Å². The monoisotopic (exact) mass is 344 g/mol. The molecule has 0 radical (unpaired) electrons. The number of amides is 1. The van der Waals surface area contributed by atoms with Crippen LogP contribution in [0.25, 0.3) is 0 Å². The van der Waals surface area contributed by atoms with Crippen molar-refractivity contribution in [1.29, 1.82) is 0 Å². The van der Waals surface area contributed by atoms with E-state index in [2.05, 4.69) is 48.0 Å². The number of rotatable bonds is 6. The van der Waals surface area contributed by atoms with Gasteiger partial charge in [-0.2, -0.15) is 0 Å². The Bertz CT molecular complexity index is 698. The maximum Gasteiger partial charge on any atom is 0.237 e. The number of nitrogens with zero attached hydrogens (tertiary/aromatic N) is 1. The van der Waals surface area contributed by atoms with Gasteiger partial charge in [0.1, 0.15) is 0 Å². The Morgan fingerprint density at radius 2 is 2.17 bits per heavy atom. The molecule has 1 aromatic carbocycles. The number of hydrogen-bond acceptors (Lipinski definition) is 4. The molecule has 1 amide bonds. The zero-order valence-corrected chi connectivity index (χ0v) is 15.1. The van der Waals surface area contributed by atoms with Gasteiger partial charge in [-0.15, -0.1) is 11.3 Å². The van der Waals surface area contributed by atoms with Gasteiger partial charge in [0, 0.05) is 25.1 Å². The topological polar surface area (TPSA) is 41.6 Å². The van der Waals surface area contributed by atoms with Crippen molar-refractivity contribution in [2.45, 2.75) is 19.4 Å². The van der Waals surface area contributed by atoms with Crippen molar-refractivity contribution in [1.82, 2.24) is 10.2 Å². The molecule has 2 heterocycles. The summed E-state index contributed by atoms with van der Waals surface area (Å²) in [5.41, 5.74) is 3.74. The van der Waals surface area contributed by atoms with E-state index < -0.39 is 0 Å². The second-order valence-corrected chi connectivity index (χ2v) is 7.07. The molecule has 2 aromatic rings. The van der Waals surface area contributed by atoms with Gasteiger partial charge < -0.3 is 15.0 Å². The molecule has 1 atom stereocenters. The SMILES string of the molecule is COCCNCC(=O)N1CCc2sccc2[C@@H]1c1ccccc1C. The van der Waals surface area contributed by atoms with E-state index in [-0.39, 0.29) is 11.9 Å². The van der Waals surface area contributed by atoms with Crippen LogP contribution in [-0.2, 0) is 16.0 Å². The van der Waals surface area contributed by atoms with Crippen LogP contribution in [0.2, 0.25) is 0 Å². The van der Waals surface area contributed by atoms with Crippen LogP contribution in [0.5, 0.6) is 0 Å². The molecule has 1 aliphatic heterocycles. The van der Waals surface area contributed by atoms with Gasteiger partial charge in [0.15, 0.2) is 0 Å². The van der Waals surface area contributed by atoms with Gasteiger partial charge in [0.2, 0.25) is 5.91 Å². The predicted molar refractivity (Wildman–Crippen MR) is 97.5 cm³/mol. The molecule has 0 aliphatic carbocycles. The highest BCUT2D eigenvalue weighted by Gasteiger charge is 2.33. The Balaban J connectivity index is 1.85. The number of carbonyl (C=O) groups is 1. The summed E-state index contributed by atoms with van der Waals surface area (Å²) in [7, 11) is 1.67. The second kappa shape index (κ2) is 7.92. The fourth-order valence-corrected chi connectivity index (χ4v) is 4.19. The highest BCUT2D eigenvalue weighted by Crippen LogP contribution is 2.38. The molecular formula is C19H24N2O2S. The minimum Gasteiger partial charge on any atom is -0.383 e. The Hall–Kier alpha value is -1.69. The summed E-state index contributed by atoms with van der Waals surface area (Å²) < 4.78 is 5.03. The summed E-state index contributed by atoms with van der Waals surface area (Å²) in [6, 6.07) is 10.6. The van der Waals surface area contributed by atoms with Crippen LogP contribution < -0.4 is 5.32 Å².